The lowest BCUT2D eigenvalue weighted by molar-refractivity contribution is -0.151. The van der Waals surface area contributed by atoms with E-state index in [1.165, 1.54) is 32.6 Å². The largest absolute Gasteiger partial charge is 0.468 e. The van der Waals surface area contributed by atoms with E-state index in [0.29, 0.717) is 43.3 Å². The Hall–Kier alpha value is -2.73. The van der Waals surface area contributed by atoms with E-state index < -0.39 is 0 Å². The number of carbonyl (C=O) groups excluding carboxylic acids is 2. The summed E-state index contributed by atoms with van der Waals surface area (Å²) in [7, 11) is 0. The first-order chi connectivity index (χ1) is 17.0. The van der Waals surface area contributed by atoms with Gasteiger partial charge in [-0.25, -0.2) is 0 Å². The van der Waals surface area contributed by atoms with Crippen molar-refractivity contribution in [3.05, 3.63) is 16.8 Å². The Balaban J connectivity index is 0. The molecular weight excluding hydrogens is 460 g/mol. The Morgan fingerprint density at radius 2 is 1.83 bits per heavy atom. The predicted octanol–water partition coefficient (Wildman–Crippen LogP) is 5.27. The Morgan fingerprint density at radius 1 is 1.17 bits per heavy atom. The molecule has 9 nitrogen and oxygen atoms in total. The highest BCUT2D eigenvalue weighted by atomic mass is 16.6. The average Bonchev–Trinajstić information content (AvgIpc) is 2.80. The molecule has 1 unspecified atom stereocenters. The summed E-state index contributed by atoms with van der Waals surface area (Å²) in [6.07, 6.45) is 8.33. The van der Waals surface area contributed by atoms with Crippen LogP contribution in [0.15, 0.2) is 0 Å². The maximum atomic E-state index is 10.2. The summed E-state index contributed by atoms with van der Waals surface area (Å²) >= 11 is 0. The second-order valence-corrected chi connectivity index (χ2v) is 9.28. The van der Waals surface area contributed by atoms with Crippen LogP contribution in [0.1, 0.15) is 110 Å². The highest BCUT2D eigenvalue weighted by molar-refractivity contribution is 5.66. The third kappa shape index (κ3) is 18.6. The SMILES string of the molecule is CC(=O)OC(C)(C)C.CCCCCCC(CC)Nc1nnc(C)c(CCCO)c1C#N.CCOC=O. The van der Waals surface area contributed by atoms with Gasteiger partial charge in [0, 0.05) is 19.6 Å². The molecule has 36 heavy (non-hydrogen) atoms. The zero-order chi connectivity index (χ0) is 28.0. The molecule has 1 atom stereocenters. The number of ether oxygens (including phenoxy) is 2. The summed E-state index contributed by atoms with van der Waals surface area (Å²) < 4.78 is 8.95. The number of unbranched alkanes of at least 4 members (excludes halogenated alkanes) is 3. The van der Waals surface area contributed by atoms with Gasteiger partial charge in [-0.2, -0.15) is 10.4 Å². The number of esters is 1. The van der Waals surface area contributed by atoms with E-state index in [9.17, 15) is 14.9 Å². The summed E-state index contributed by atoms with van der Waals surface area (Å²) in [6.45, 7) is 15.9. The van der Waals surface area contributed by atoms with Crippen LogP contribution in [0.5, 0.6) is 0 Å². The number of rotatable bonds is 13. The molecule has 0 aliphatic carbocycles. The molecule has 0 spiro atoms. The Morgan fingerprint density at radius 3 is 2.22 bits per heavy atom. The Kier molecular flexibility index (Phi) is 21.2. The van der Waals surface area contributed by atoms with Gasteiger partial charge >= 0.3 is 5.97 Å². The number of aliphatic hydroxyl groups is 1. The molecule has 2 N–H and O–H groups in total. The van der Waals surface area contributed by atoms with E-state index in [0.717, 1.165) is 24.1 Å². The summed E-state index contributed by atoms with van der Waals surface area (Å²) in [5.74, 6) is 0.367. The Labute approximate surface area is 218 Å². The fourth-order valence-corrected chi connectivity index (χ4v) is 3.23. The predicted molar refractivity (Wildman–Crippen MR) is 143 cm³/mol. The second kappa shape index (κ2) is 21.5. The molecule has 1 rings (SSSR count). The molecule has 0 saturated heterocycles. The van der Waals surface area contributed by atoms with Gasteiger partial charge in [-0.3, -0.25) is 9.59 Å². The van der Waals surface area contributed by atoms with Crippen molar-refractivity contribution in [2.75, 3.05) is 18.5 Å². The highest BCUT2D eigenvalue weighted by Crippen LogP contribution is 2.22. The molecule has 0 amide bonds. The number of nitriles is 1. The summed E-state index contributed by atoms with van der Waals surface area (Å²) in [6, 6.07) is 2.59. The van der Waals surface area contributed by atoms with Crippen molar-refractivity contribution in [3.63, 3.8) is 0 Å². The first-order valence-electron chi connectivity index (χ1n) is 12.9. The average molecular weight is 509 g/mol. The molecule has 1 aromatic rings. The monoisotopic (exact) mass is 508 g/mol. The standard InChI is InChI=1S/C18H30N4O.C6H12O2.C3H6O2/c1-4-6-7-8-10-15(5-2)20-18-17(13-19)16(11-9-12-23)14(3)21-22-18;1-5(7)8-6(2,3)4;1-2-5-3-4/h15,23H,4-12H2,1-3H3,(H,20,22);1-4H3;3H,2H2,1H3. The van der Waals surface area contributed by atoms with Crippen LogP contribution in [0.3, 0.4) is 0 Å². The molecule has 0 aliphatic rings. The topological polar surface area (TPSA) is 134 Å². The lowest BCUT2D eigenvalue weighted by atomic mass is 10.0. The molecule has 0 fully saturated rings. The molecule has 206 valence electrons. The van der Waals surface area contributed by atoms with Crippen LogP contribution < -0.4 is 5.32 Å². The molecule has 1 heterocycles. The first kappa shape index (κ1) is 35.4. The van der Waals surface area contributed by atoms with Crippen LogP contribution in [0.4, 0.5) is 5.82 Å². The lowest BCUT2D eigenvalue weighted by Crippen LogP contribution is -2.21. The lowest BCUT2D eigenvalue weighted by Gasteiger charge is -2.19. The number of nitrogens with one attached hydrogen (secondary N) is 1. The van der Waals surface area contributed by atoms with Crippen LogP contribution in [-0.4, -0.2) is 52.6 Å². The molecule has 9 heteroatoms. The van der Waals surface area contributed by atoms with Gasteiger partial charge < -0.3 is 19.9 Å². The van der Waals surface area contributed by atoms with Crippen LogP contribution in [0.25, 0.3) is 0 Å². The summed E-state index contributed by atoms with van der Waals surface area (Å²) in [5, 5.41) is 30.4. The van der Waals surface area contributed by atoms with Gasteiger partial charge in [-0.1, -0.05) is 39.5 Å². The molecule has 0 aromatic carbocycles. The van der Waals surface area contributed by atoms with Gasteiger partial charge in [0.1, 0.15) is 17.2 Å². The van der Waals surface area contributed by atoms with E-state index in [2.05, 4.69) is 40.2 Å². The van der Waals surface area contributed by atoms with Crippen molar-refractivity contribution in [2.24, 2.45) is 0 Å². The molecule has 0 radical (unpaired) electrons. The van der Waals surface area contributed by atoms with Crippen molar-refractivity contribution in [1.82, 2.24) is 10.2 Å². The van der Waals surface area contributed by atoms with Gasteiger partial charge in [0.25, 0.3) is 6.47 Å². The van der Waals surface area contributed by atoms with E-state index >= 15 is 0 Å². The number of nitrogens with zero attached hydrogens (tertiary/aromatic N) is 3. The van der Waals surface area contributed by atoms with Crippen molar-refractivity contribution in [2.45, 2.75) is 118 Å². The second-order valence-electron chi connectivity index (χ2n) is 9.28. The number of anilines is 1. The zero-order valence-corrected chi connectivity index (χ0v) is 23.6. The van der Waals surface area contributed by atoms with E-state index in [1.54, 1.807) is 6.92 Å². The molecule has 0 saturated carbocycles. The minimum absolute atomic E-state index is 0.115. The summed E-state index contributed by atoms with van der Waals surface area (Å²) in [4.78, 5) is 19.4. The van der Waals surface area contributed by atoms with Crippen molar-refractivity contribution in [1.29, 1.82) is 5.26 Å². The third-order valence-corrected chi connectivity index (χ3v) is 4.90. The molecule has 0 bridgehead atoms. The fraction of sp³-hybridized carbons (Fsp3) is 0.741. The maximum absolute atomic E-state index is 10.2. The van der Waals surface area contributed by atoms with Crippen molar-refractivity contribution >= 4 is 18.3 Å². The smallest absolute Gasteiger partial charge is 0.303 e. The van der Waals surface area contributed by atoms with Gasteiger partial charge in [0.05, 0.1) is 12.3 Å². The van der Waals surface area contributed by atoms with E-state index in [-0.39, 0.29) is 18.2 Å². The normalized spacial score (nSPS) is 11.0. The van der Waals surface area contributed by atoms with Gasteiger partial charge in [0.15, 0.2) is 5.82 Å². The number of aryl methyl sites for hydroxylation is 1. The number of aliphatic hydroxyl groups excluding tert-OH is 1. The number of carbonyl (C=O) groups is 2. The van der Waals surface area contributed by atoms with Crippen LogP contribution in [0, 0.1) is 18.3 Å². The molecule has 0 aliphatic heterocycles. The third-order valence-electron chi connectivity index (χ3n) is 4.90. The minimum Gasteiger partial charge on any atom is -0.468 e. The summed E-state index contributed by atoms with van der Waals surface area (Å²) in [5.41, 5.74) is 1.93. The highest BCUT2D eigenvalue weighted by Gasteiger charge is 2.16. The van der Waals surface area contributed by atoms with Crippen LogP contribution in [-0.2, 0) is 25.5 Å². The van der Waals surface area contributed by atoms with E-state index in [1.807, 2.05) is 27.7 Å². The number of hydrogen-bond donors (Lipinski definition) is 2. The molecule has 1 aromatic heterocycles. The van der Waals surface area contributed by atoms with Gasteiger partial charge in [0.2, 0.25) is 0 Å². The maximum Gasteiger partial charge on any atom is 0.303 e. The number of hydrogen-bond acceptors (Lipinski definition) is 9. The quantitative estimate of drug-likeness (QED) is 0.207. The Bertz CT molecular complexity index is 773. The van der Waals surface area contributed by atoms with Gasteiger partial charge in [-0.15, -0.1) is 5.10 Å². The van der Waals surface area contributed by atoms with Crippen LogP contribution in [0.2, 0.25) is 0 Å². The minimum atomic E-state index is -0.328. The number of aromatic nitrogens is 2. The van der Waals surface area contributed by atoms with Crippen molar-refractivity contribution in [3.8, 4) is 6.07 Å². The van der Waals surface area contributed by atoms with Crippen molar-refractivity contribution < 1.29 is 24.2 Å². The molecular formula is C27H48N4O5. The van der Waals surface area contributed by atoms with Gasteiger partial charge in [-0.05, 0) is 65.9 Å². The fourth-order valence-electron chi connectivity index (χ4n) is 3.23. The zero-order valence-electron chi connectivity index (χ0n) is 23.6. The van der Waals surface area contributed by atoms with E-state index in [4.69, 9.17) is 9.84 Å². The van der Waals surface area contributed by atoms with Crippen LogP contribution >= 0.6 is 0 Å². The first-order valence-corrected chi connectivity index (χ1v) is 12.9.